The van der Waals surface area contributed by atoms with Crippen molar-refractivity contribution in [3.8, 4) is 0 Å². The van der Waals surface area contributed by atoms with Crippen molar-refractivity contribution in [3.63, 3.8) is 0 Å². The van der Waals surface area contributed by atoms with E-state index in [0.29, 0.717) is 17.0 Å². The van der Waals surface area contributed by atoms with Crippen LogP contribution in [0.3, 0.4) is 0 Å². The van der Waals surface area contributed by atoms with E-state index in [1.54, 1.807) is 12.4 Å². The van der Waals surface area contributed by atoms with Crippen LogP contribution in [0.2, 0.25) is 0 Å². The van der Waals surface area contributed by atoms with Gasteiger partial charge in [-0.05, 0) is 55.8 Å². The summed E-state index contributed by atoms with van der Waals surface area (Å²) in [5.74, 6) is 0.650. The molecule has 1 aliphatic carbocycles. The van der Waals surface area contributed by atoms with Crippen molar-refractivity contribution >= 4 is 41.6 Å². The maximum atomic E-state index is 12.2. The Hall–Kier alpha value is -1.30. The number of pyridine rings is 1. The number of nitrogens with one attached hydrogen (secondary N) is 3. The molecule has 1 unspecified atom stereocenters. The molecule has 1 saturated heterocycles. The molecule has 1 amide bonds. The number of nitrogens with zero attached hydrogens (tertiary/aromatic N) is 1. The van der Waals surface area contributed by atoms with Gasteiger partial charge in [0.2, 0.25) is 0 Å². The molecule has 1 saturated carbocycles. The zero-order chi connectivity index (χ0) is 14.3. The maximum absolute atomic E-state index is 12.2. The smallest absolute Gasteiger partial charge is 0.267 e. The van der Waals surface area contributed by atoms with E-state index >= 15 is 0 Å². The van der Waals surface area contributed by atoms with Gasteiger partial charge in [-0.25, -0.2) is 0 Å². The Morgan fingerprint density at radius 3 is 2.87 bits per heavy atom. The molecule has 0 bridgehead atoms. The van der Waals surface area contributed by atoms with E-state index in [9.17, 15) is 4.79 Å². The molecule has 1 spiro atoms. The van der Waals surface area contributed by atoms with Crippen molar-refractivity contribution in [3.05, 3.63) is 30.2 Å². The lowest BCUT2D eigenvalue weighted by molar-refractivity contribution is 0.0945. The van der Waals surface area contributed by atoms with Crippen molar-refractivity contribution in [2.45, 2.75) is 19.3 Å². The van der Waals surface area contributed by atoms with Crippen molar-refractivity contribution in [2.24, 2.45) is 11.3 Å². The summed E-state index contributed by atoms with van der Waals surface area (Å²) >= 11 is 0. The second-order valence-corrected chi connectivity index (χ2v) is 6.37. The number of aromatic amines is 1. The Kier molecular flexibility index (Phi) is 5.55. The first-order valence-corrected chi connectivity index (χ1v) is 7.69. The zero-order valence-corrected chi connectivity index (χ0v) is 14.4. The van der Waals surface area contributed by atoms with Crippen molar-refractivity contribution < 1.29 is 4.79 Å². The van der Waals surface area contributed by atoms with Crippen LogP contribution in [0.5, 0.6) is 0 Å². The summed E-state index contributed by atoms with van der Waals surface area (Å²) < 4.78 is 0. The van der Waals surface area contributed by atoms with Gasteiger partial charge in [0, 0.05) is 29.8 Å². The highest BCUT2D eigenvalue weighted by atomic mass is 35.5. The van der Waals surface area contributed by atoms with Crippen LogP contribution in [-0.4, -0.2) is 35.5 Å². The summed E-state index contributed by atoms with van der Waals surface area (Å²) in [7, 11) is 0. The van der Waals surface area contributed by atoms with Gasteiger partial charge in [-0.15, -0.1) is 24.8 Å². The molecule has 2 aromatic rings. The average Bonchev–Trinajstić information content (AvgIpc) is 2.99. The number of hydrogen-bond donors (Lipinski definition) is 3. The lowest BCUT2D eigenvalue weighted by Gasteiger charge is -2.23. The molecule has 5 nitrogen and oxygen atoms in total. The van der Waals surface area contributed by atoms with Crippen LogP contribution in [0.25, 0.3) is 10.9 Å². The summed E-state index contributed by atoms with van der Waals surface area (Å²) in [6.07, 6.45) is 7.28. The van der Waals surface area contributed by atoms with Gasteiger partial charge in [0.15, 0.2) is 0 Å². The van der Waals surface area contributed by atoms with Crippen LogP contribution < -0.4 is 10.6 Å². The molecule has 7 heteroatoms. The highest BCUT2D eigenvalue weighted by Crippen LogP contribution is 2.58. The first-order valence-electron chi connectivity index (χ1n) is 7.69. The molecule has 4 rings (SSSR count). The van der Waals surface area contributed by atoms with Gasteiger partial charge in [-0.1, -0.05) is 0 Å². The molecule has 1 aliphatic heterocycles. The molecule has 0 radical (unpaired) electrons. The average molecular weight is 357 g/mol. The van der Waals surface area contributed by atoms with Gasteiger partial charge in [0.1, 0.15) is 5.69 Å². The van der Waals surface area contributed by atoms with Crippen LogP contribution in [0.1, 0.15) is 29.8 Å². The minimum absolute atomic E-state index is 0. The number of hydrogen-bond acceptors (Lipinski definition) is 3. The van der Waals surface area contributed by atoms with E-state index in [2.05, 4.69) is 20.6 Å². The number of amides is 1. The fraction of sp³-hybridized carbons (Fsp3) is 0.500. The highest BCUT2D eigenvalue weighted by molar-refractivity contribution is 5.97. The van der Waals surface area contributed by atoms with E-state index in [4.69, 9.17) is 0 Å². The van der Waals surface area contributed by atoms with Gasteiger partial charge in [-0.2, -0.15) is 0 Å². The number of carbonyl (C=O) groups excluding carboxylic acids is 1. The number of H-pyrrole nitrogens is 1. The minimum atomic E-state index is -0.0119. The van der Waals surface area contributed by atoms with Crippen molar-refractivity contribution in [1.82, 2.24) is 20.6 Å². The number of piperidine rings is 1. The molecule has 0 aromatic carbocycles. The largest absolute Gasteiger partial charge is 0.350 e. The van der Waals surface area contributed by atoms with Gasteiger partial charge in [0.05, 0.1) is 0 Å². The summed E-state index contributed by atoms with van der Waals surface area (Å²) in [6, 6.07) is 3.75. The molecule has 2 fully saturated rings. The fourth-order valence-corrected chi connectivity index (χ4v) is 3.66. The second-order valence-electron chi connectivity index (χ2n) is 6.37. The minimum Gasteiger partial charge on any atom is -0.350 e. The summed E-state index contributed by atoms with van der Waals surface area (Å²) in [4.78, 5) is 19.5. The van der Waals surface area contributed by atoms with Gasteiger partial charge < -0.3 is 15.6 Å². The molecule has 3 heterocycles. The fourth-order valence-electron chi connectivity index (χ4n) is 3.66. The van der Waals surface area contributed by atoms with E-state index < -0.39 is 0 Å². The number of fused-ring (bicyclic) bond motifs is 1. The SMILES string of the molecule is Cl.Cl.O=C(NCC1CC12CCNCC2)c1cc2cnccc2[nH]1. The maximum Gasteiger partial charge on any atom is 0.267 e. The third-order valence-electron chi connectivity index (χ3n) is 5.13. The van der Waals surface area contributed by atoms with Crippen LogP contribution >= 0.6 is 24.8 Å². The lowest BCUT2D eigenvalue weighted by atomic mass is 9.92. The van der Waals surface area contributed by atoms with E-state index in [1.807, 2.05) is 12.1 Å². The van der Waals surface area contributed by atoms with E-state index in [-0.39, 0.29) is 30.7 Å². The number of rotatable bonds is 3. The van der Waals surface area contributed by atoms with Crippen molar-refractivity contribution in [1.29, 1.82) is 0 Å². The van der Waals surface area contributed by atoms with Crippen LogP contribution in [0, 0.1) is 11.3 Å². The third-order valence-corrected chi connectivity index (χ3v) is 5.13. The Labute approximate surface area is 147 Å². The molecule has 23 heavy (non-hydrogen) atoms. The number of halogens is 2. The first kappa shape index (κ1) is 18.0. The van der Waals surface area contributed by atoms with E-state index in [0.717, 1.165) is 30.5 Å². The molecule has 3 N–H and O–H groups in total. The van der Waals surface area contributed by atoms with Crippen LogP contribution in [0.4, 0.5) is 0 Å². The number of carbonyl (C=O) groups is 1. The van der Waals surface area contributed by atoms with Gasteiger partial charge in [-0.3, -0.25) is 9.78 Å². The summed E-state index contributed by atoms with van der Waals surface area (Å²) in [5.41, 5.74) is 2.09. The third kappa shape index (κ3) is 3.47. The van der Waals surface area contributed by atoms with Gasteiger partial charge in [0.25, 0.3) is 5.91 Å². The molecular weight excluding hydrogens is 335 g/mol. The molecule has 126 valence electrons. The standard InChI is InChI=1S/C16H20N4O.2ClH/c21-15(14-7-11-9-18-4-1-13(11)20-14)19-10-12-8-16(12)2-5-17-6-3-16;;/h1,4,7,9,12,17,20H,2-3,5-6,8,10H2,(H,19,21);2*1H. The molecule has 2 aliphatic rings. The summed E-state index contributed by atoms with van der Waals surface area (Å²) in [5, 5.41) is 7.47. The molecule has 1 atom stereocenters. The Balaban J connectivity index is 0.000000960. The van der Waals surface area contributed by atoms with Crippen LogP contribution in [0.15, 0.2) is 24.5 Å². The number of aromatic nitrogens is 2. The predicted molar refractivity (Wildman–Crippen MR) is 95.6 cm³/mol. The Morgan fingerprint density at radius 1 is 1.35 bits per heavy atom. The topological polar surface area (TPSA) is 69.8 Å². The highest BCUT2D eigenvalue weighted by Gasteiger charge is 2.53. The monoisotopic (exact) mass is 356 g/mol. The Bertz CT molecular complexity index is 649. The van der Waals surface area contributed by atoms with Gasteiger partial charge >= 0.3 is 0 Å². The Morgan fingerprint density at radius 2 is 2.13 bits per heavy atom. The van der Waals surface area contributed by atoms with Crippen LogP contribution in [-0.2, 0) is 0 Å². The van der Waals surface area contributed by atoms with E-state index in [1.165, 1.54) is 19.3 Å². The van der Waals surface area contributed by atoms with Crippen molar-refractivity contribution in [2.75, 3.05) is 19.6 Å². The second kappa shape index (κ2) is 7.07. The quantitative estimate of drug-likeness (QED) is 0.791. The zero-order valence-electron chi connectivity index (χ0n) is 12.8. The molecular formula is C16H22Cl2N4O. The first-order chi connectivity index (χ1) is 10.3. The summed E-state index contributed by atoms with van der Waals surface area (Å²) in [6.45, 7) is 3.05. The predicted octanol–water partition coefficient (Wildman–Crippen LogP) is 2.53. The normalized spacial score (nSPS) is 21.3. The lowest BCUT2D eigenvalue weighted by Crippen LogP contribution is -2.32. The molecule has 2 aromatic heterocycles.